The van der Waals surface area contributed by atoms with Gasteiger partial charge in [-0.1, -0.05) is 6.07 Å². The van der Waals surface area contributed by atoms with E-state index >= 15 is 0 Å². The lowest BCUT2D eigenvalue weighted by Gasteiger charge is -2.10. The summed E-state index contributed by atoms with van der Waals surface area (Å²) in [6, 6.07) is 12.0. The van der Waals surface area contributed by atoms with Gasteiger partial charge >= 0.3 is 0 Å². The van der Waals surface area contributed by atoms with Gasteiger partial charge in [0.15, 0.2) is 0 Å². The highest BCUT2D eigenvalue weighted by atomic mass is 32.2. The van der Waals surface area contributed by atoms with Crippen LogP contribution in [0, 0.1) is 0 Å². The number of hydrogen-bond acceptors (Lipinski definition) is 4. The molecule has 2 aromatic rings. The van der Waals surface area contributed by atoms with Crippen LogP contribution in [0.25, 0.3) is 0 Å². The fourth-order valence-corrected chi connectivity index (χ4v) is 3.45. The number of hydrogen-bond donors (Lipinski definition) is 2. The van der Waals surface area contributed by atoms with Gasteiger partial charge in [0.25, 0.3) is 10.0 Å². The molecule has 3 rings (SSSR count). The predicted molar refractivity (Wildman–Crippen MR) is 82.4 cm³/mol. The highest BCUT2D eigenvalue weighted by molar-refractivity contribution is 7.92. The molecule has 0 saturated heterocycles. The third-order valence-corrected chi connectivity index (χ3v) is 4.80. The summed E-state index contributed by atoms with van der Waals surface area (Å²) in [4.78, 5) is 0.271. The van der Waals surface area contributed by atoms with Gasteiger partial charge in [-0.3, -0.25) is 4.72 Å². The van der Waals surface area contributed by atoms with E-state index in [-0.39, 0.29) is 4.90 Å². The van der Waals surface area contributed by atoms with Crippen molar-refractivity contribution in [1.29, 1.82) is 0 Å². The summed E-state index contributed by atoms with van der Waals surface area (Å²) >= 11 is 0. The average molecular weight is 304 g/mol. The summed E-state index contributed by atoms with van der Waals surface area (Å²) in [5.41, 5.74) is 2.52. The molecule has 0 spiro atoms. The van der Waals surface area contributed by atoms with Crippen molar-refractivity contribution in [2.45, 2.75) is 11.3 Å². The molecule has 0 aliphatic carbocycles. The number of rotatable bonds is 4. The maximum atomic E-state index is 12.4. The van der Waals surface area contributed by atoms with Crippen molar-refractivity contribution in [2.75, 3.05) is 23.7 Å². The summed E-state index contributed by atoms with van der Waals surface area (Å²) in [6.45, 7) is 0.849. The van der Waals surface area contributed by atoms with E-state index in [1.165, 1.54) is 0 Å². The molecule has 21 heavy (non-hydrogen) atoms. The molecular weight excluding hydrogens is 288 g/mol. The summed E-state index contributed by atoms with van der Waals surface area (Å²) in [5, 5.41) is 3.21. The Morgan fingerprint density at radius 3 is 2.86 bits per heavy atom. The van der Waals surface area contributed by atoms with Gasteiger partial charge in [0, 0.05) is 18.3 Å². The monoisotopic (exact) mass is 304 g/mol. The van der Waals surface area contributed by atoms with E-state index in [1.54, 1.807) is 43.5 Å². The maximum Gasteiger partial charge on any atom is 0.261 e. The third kappa shape index (κ3) is 2.80. The van der Waals surface area contributed by atoms with Crippen molar-refractivity contribution in [3.05, 3.63) is 48.0 Å². The lowest BCUT2D eigenvalue weighted by Crippen LogP contribution is -2.13. The van der Waals surface area contributed by atoms with Crippen LogP contribution in [0.4, 0.5) is 11.4 Å². The lowest BCUT2D eigenvalue weighted by atomic mass is 10.2. The standard InChI is InChI=1S/C15H16N2O3S/c1-20-13-4-2-3-12(10-13)17-21(18,19)14-5-6-15-11(9-14)7-8-16-15/h2-6,9-10,16-17H,7-8H2,1H3. The van der Waals surface area contributed by atoms with Gasteiger partial charge in [-0.15, -0.1) is 0 Å². The minimum Gasteiger partial charge on any atom is -0.497 e. The molecule has 1 aliphatic rings. The minimum absolute atomic E-state index is 0.271. The van der Waals surface area contributed by atoms with Crippen molar-refractivity contribution >= 4 is 21.4 Å². The molecule has 0 unspecified atom stereocenters. The van der Waals surface area contributed by atoms with Crippen LogP contribution in [0.3, 0.4) is 0 Å². The third-order valence-electron chi connectivity index (χ3n) is 3.42. The van der Waals surface area contributed by atoms with E-state index in [1.807, 2.05) is 6.07 Å². The second-order valence-corrected chi connectivity index (χ2v) is 6.52. The van der Waals surface area contributed by atoms with Crippen LogP contribution in [0.1, 0.15) is 5.56 Å². The second kappa shape index (κ2) is 5.29. The molecule has 0 amide bonds. The summed E-state index contributed by atoms with van der Waals surface area (Å²) < 4.78 is 32.5. The van der Waals surface area contributed by atoms with Gasteiger partial charge in [0.05, 0.1) is 17.7 Å². The zero-order valence-electron chi connectivity index (χ0n) is 11.6. The molecule has 0 radical (unpaired) electrons. The predicted octanol–water partition coefficient (Wildman–Crippen LogP) is 2.46. The van der Waals surface area contributed by atoms with Crippen molar-refractivity contribution < 1.29 is 13.2 Å². The minimum atomic E-state index is -3.59. The first-order valence-corrected chi connectivity index (χ1v) is 8.10. The number of benzene rings is 2. The van der Waals surface area contributed by atoms with E-state index in [4.69, 9.17) is 4.74 Å². The highest BCUT2D eigenvalue weighted by Gasteiger charge is 2.18. The molecule has 0 fully saturated rings. The number of ether oxygens (including phenoxy) is 1. The van der Waals surface area contributed by atoms with Gasteiger partial charge in [-0.2, -0.15) is 0 Å². The normalized spacial score (nSPS) is 13.4. The van der Waals surface area contributed by atoms with Crippen LogP contribution in [-0.2, 0) is 16.4 Å². The number of methoxy groups -OCH3 is 1. The van der Waals surface area contributed by atoms with Crippen molar-refractivity contribution in [2.24, 2.45) is 0 Å². The van der Waals surface area contributed by atoms with Crippen LogP contribution in [-0.4, -0.2) is 22.1 Å². The van der Waals surface area contributed by atoms with Crippen LogP contribution in [0.5, 0.6) is 5.75 Å². The molecule has 0 aromatic heterocycles. The SMILES string of the molecule is COc1cccc(NS(=O)(=O)c2ccc3c(c2)CCN3)c1. The molecule has 110 valence electrons. The maximum absolute atomic E-state index is 12.4. The van der Waals surface area contributed by atoms with Gasteiger partial charge in [-0.25, -0.2) is 8.42 Å². The van der Waals surface area contributed by atoms with Gasteiger partial charge in [0.2, 0.25) is 0 Å². The average Bonchev–Trinajstić information content (AvgIpc) is 2.94. The molecule has 0 saturated carbocycles. The molecule has 1 heterocycles. The lowest BCUT2D eigenvalue weighted by molar-refractivity contribution is 0.415. The van der Waals surface area contributed by atoms with Crippen LogP contribution >= 0.6 is 0 Å². The fourth-order valence-electron chi connectivity index (χ4n) is 2.35. The van der Waals surface area contributed by atoms with E-state index < -0.39 is 10.0 Å². The molecule has 1 aliphatic heterocycles. The number of nitrogens with one attached hydrogen (secondary N) is 2. The molecular formula is C15H16N2O3S. The van der Waals surface area contributed by atoms with Crippen molar-refractivity contribution in [3.63, 3.8) is 0 Å². The fraction of sp³-hybridized carbons (Fsp3) is 0.200. The van der Waals surface area contributed by atoms with Gasteiger partial charge in [0.1, 0.15) is 5.75 Å². The van der Waals surface area contributed by atoms with Crippen LogP contribution in [0.2, 0.25) is 0 Å². The molecule has 2 aromatic carbocycles. The Morgan fingerprint density at radius 1 is 1.19 bits per heavy atom. The molecule has 5 nitrogen and oxygen atoms in total. The van der Waals surface area contributed by atoms with E-state index in [9.17, 15) is 8.42 Å². The second-order valence-electron chi connectivity index (χ2n) is 4.83. The first-order valence-electron chi connectivity index (χ1n) is 6.62. The number of sulfonamides is 1. The Labute approximate surface area is 124 Å². The summed E-state index contributed by atoms with van der Waals surface area (Å²) in [6.07, 6.45) is 0.845. The first-order chi connectivity index (χ1) is 10.1. The van der Waals surface area contributed by atoms with Gasteiger partial charge < -0.3 is 10.1 Å². The Kier molecular flexibility index (Phi) is 3.47. The van der Waals surface area contributed by atoms with E-state index in [0.717, 1.165) is 24.2 Å². The number of fused-ring (bicyclic) bond motifs is 1. The van der Waals surface area contributed by atoms with Crippen LogP contribution in [0.15, 0.2) is 47.4 Å². The van der Waals surface area contributed by atoms with E-state index in [2.05, 4.69) is 10.0 Å². The molecule has 6 heteroatoms. The Morgan fingerprint density at radius 2 is 2.05 bits per heavy atom. The smallest absolute Gasteiger partial charge is 0.261 e. The number of anilines is 2. The first kappa shape index (κ1) is 13.8. The zero-order chi connectivity index (χ0) is 14.9. The molecule has 0 atom stereocenters. The summed E-state index contributed by atoms with van der Waals surface area (Å²) in [7, 11) is -2.05. The zero-order valence-corrected chi connectivity index (χ0v) is 12.4. The van der Waals surface area contributed by atoms with Crippen LogP contribution < -0.4 is 14.8 Å². The van der Waals surface area contributed by atoms with Crippen molar-refractivity contribution in [1.82, 2.24) is 0 Å². The largest absolute Gasteiger partial charge is 0.497 e. The topological polar surface area (TPSA) is 67.4 Å². The summed E-state index contributed by atoms with van der Waals surface area (Å²) in [5.74, 6) is 0.605. The highest BCUT2D eigenvalue weighted by Crippen LogP contribution is 2.26. The Hall–Kier alpha value is -2.21. The van der Waals surface area contributed by atoms with Gasteiger partial charge in [-0.05, 0) is 42.3 Å². The quantitative estimate of drug-likeness (QED) is 0.910. The Bertz CT molecular complexity index is 772. The molecule has 2 N–H and O–H groups in total. The Balaban J connectivity index is 1.89. The molecule has 0 bridgehead atoms. The van der Waals surface area contributed by atoms with Crippen molar-refractivity contribution in [3.8, 4) is 5.75 Å². The van der Waals surface area contributed by atoms with E-state index in [0.29, 0.717) is 11.4 Å².